The van der Waals surface area contributed by atoms with Crippen molar-refractivity contribution in [2.75, 3.05) is 0 Å². The Morgan fingerprint density at radius 3 is 2.71 bits per heavy atom. The van der Waals surface area contributed by atoms with Crippen molar-refractivity contribution in [3.63, 3.8) is 0 Å². The van der Waals surface area contributed by atoms with Gasteiger partial charge in [0.15, 0.2) is 0 Å². The van der Waals surface area contributed by atoms with Crippen LogP contribution in [0.1, 0.15) is 35.5 Å². The molecule has 1 aromatic carbocycles. The minimum atomic E-state index is -0.369. The van der Waals surface area contributed by atoms with E-state index in [9.17, 15) is 10.1 Å². The average molecular weight is 288 g/mol. The summed E-state index contributed by atoms with van der Waals surface area (Å²) < 4.78 is 1.87. The first-order valence-electron chi connectivity index (χ1n) is 6.87. The Kier molecular flexibility index (Phi) is 4.37. The molecule has 6 nitrogen and oxygen atoms in total. The number of aromatic nitrogens is 2. The SMILES string of the molecule is Cc1nn(C)c(C)c1CNC(C)c1cccc([N+](=O)[O-])c1. The first-order valence-corrected chi connectivity index (χ1v) is 6.87. The van der Waals surface area contributed by atoms with Crippen molar-refractivity contribution < 1.29 is 4.92 Å². The highest BCUT2D eigenvalue weighted by Crippen LogP contribution is 2.20. The lowest BCUT2D eigenvalue weighted by molar-refractivity contribution is -0.384. The van der Waals surface area contributed by atoms with Gasteiger partial charge in [-0.15, -0.1) is 0 Å². The second-order valence-electron chi connectivity index (χ2n) is 5.23. The van der Waals surface area contributed by atoms with Gasteiger partial charge in [-0.1, -0.05) is 12.1 Å². The molecular weight excluding hydrogens is 268 g/mol. The number of nitro groups is 1. The molecule has 0 bridgehead atoms. The standard InChI is InChI=1S/C15H20N4O2/c1-10(13-6-5-7-14(8-13)19(20)21)16-9-15-11(2)17-18(4)12(15)3/h5-8,10,16H,9H2,1-4H3. The molecule has 0 saturated carbocycles. The van der Waals surface area contributed by atoms with E-state index in [0.29, 0.717) is 6.54 Å². The number of benzene rings is 1. The summed E-state index contributed by atoms with van der Waals surface area (Å²) >= 11 is 0. The summed E-state index contributed by atoms with van der Waals surface area (Å²) in [6.45, 7) is 6.71. The highest BCUT2D eigenvalue weighted by molar-refractivity contribution is 5.35. The molecule has 0 spiro atoms. The second kappa shape index (κ2) is 6.05. The summed E-state index contributed by atoms with van der Waals surface area (Å²) in [5, 5.41) is 18.6. The lowest BCUT2D eigenvalue weighted by atomic mass is 10.1. The van der Waals surface area contributed by atoms with E-state index in [-0.39, 0.29) is 16.7 Å². The van der Waals surface area contributed by atoms with Crippen LogP contribution in [0.5, 0.6) is 0 Å². The van der Waals surface area contributed by atoms with E-state index in [2.05, 4.69) is 10.4 Å². The zero-order chi connectivity index (χ0) is 15.6. The molecule has 112 valence electrons. The number of nitro benzene ring substituents is 1. The molecule has 0 aliphatic rings. The Labute approximate surface area is 123 Å². The predicted molar refractivity (Wildman–Crippen MR) is 81.0 cm³/mol. The van der Waals surface area contributed by atoms with Gasteiger partial charge in [0, 0.05) is 43.0 Å². The Morgan fingerprint density at radius 2 is 2.14 bits per heavy atom. The van der Waals surface area contributed by atoms with E-state index in [4.69, 9.17) is 0 Å². The molecule has 0 aliphatic heterocycles. The molecule has 1 N–H and O–H groups in total. The van der Waals surface area contributed by atoms with Crippen molar-refractivity contribution >= 4 is 5.69 Å². The Hall–Kier alpha value is -2.21. The Morgan fingerprint density at radius 1 is 1.43 bits per heavy atom. The van der Waals surface area contributed by atoms with Gasteiger partial charge in [-0.25, -0.2) is 0 Å². The fourth-order valence-electron chi connectivity index (χ4n) is 2.35. The van der Waals surface area contributed by atoms with E-state index in [1.807, 2.05) is 38.6 Å². The molecule has 1 unspecified atom stereocenters. The van der Waals surface area contributed by atoms with Crippen LogP contribution in [-0.2, 0) is 13.6 Å². The fourth-order valence-corrected chi connectivity index (χ4v) is 2.35. The maximum atomic E-state index is 10.8. The maximum Gasteiger partial charge on any atom is 0.269 e. The van der Waals surface area contributed by atoms with Crippen LogP contribution in [0, 0.1) is 24.0 Å². The van der Waals surface area contributed by atoms with Crippen molar-refractivity contribution in [3.05, 3.63) is 56.9 Å². The number of rotatable bonds is 5. The summed E-state index contributed by atoms with van der Waals surface area (Å²) in [5.41, 5.74) is 4.34. The average Bonchev–Trinajstić information content (AvgIpc) is 2.70. The summed E-state index contributed by atoms with van der Waals surface area (Å²) in [6, 6.07) is 6.76. The van der Waals surface area contributed by atoms with Crippen LogP contribution in [-0.4, -0.2) is 14.7 Å². The number of nitrogens with one attached hydrogen (secondary N) is 1. The third-order valence-corrected chi connectivity index (χ3v) is 3.82. The van der Waals surface area contributed by atoms with Crippen LogP contribution in [0.4, 0.5) is 5.69 Å². The van der Waals surface area contributed by atoms with Gasteiger partial charge in [-0.2, -0.15) is 5.10 Å². The predicted octanol–water partition coefficient (Wildman–Crippen LogP) is 2.80. The molecule has 0 aliphatic carbocycles. The summed E-state index contributed by atoms with van der Waals surface area (Å²) in [6.07, 6.45) is 0. The number of hydrogen-bond acceptors (Lipinski definition) is 4. The summed E-state index contributed by atoms with van der Waals surface area (Å²) in [7, 11) is 1.93. The van der Waals surface area contributed by atoms with Crippen LogP contribution >= 0.6 is 0 Å². The zero-order valence-corrected chi connectivity index (χ0v) is 12.8. The topological polar surface area (TPSA) is 73.0 Å². The van der Waals surface area contributed by atoms with Gasteiger partial charge in [-0.3, -0.25) is 14.8 Å². The lowest BCUT2D eigenvalue weighted by Gasteiger charge is -2.14. The Balaban J connectivity index is 2.10. The normalized spacial score (nSPS) is 12.4. The molecule has 2 aromatic rings. The number of hydrogen-bond donors (Lipinski definition) is 1. The minimum Gasteiger partial charge on any atom is -0.306 e. The van der Waals surface area contributed by atoms with Gasteiger partial charge >= 0.3 is 0 Å². The van der Waals surface area contributed by atoms with Crippen molar-refractivity contribution in [2.24, 2.45) is 7.05 Å². The number of aryl methyl sites for hydroxylation is 2. The van der Waals surface area contributed by atoms with Crippen LogP contribution < -0.4 is 5.32 Å². The van der Waals surface area contributed by atoms with Crippen LogP contribution in [0.25, 0.3) is 0 Å². The highest BCUT2D eigenvalue weighted by atomic mass is 16.6. The first kappa shape index (κ1) is 15.2. The first-order chi connectivity index (χ1) is 9.90. The molecule has 0 fully saturated rings. The van der Waals surface area contributed by atoms with E-state index >= 15 is 0 Å². The fraction of sp³-hybridized carbons (Fsp3) is 0.400. The zero-order valence-electron chi connectivity index (χ0n) is 12.8. The molecule has 6 heteroatoms. The molecule has 2 rings (SSSR count). The van der Waals surface area contributed by atoms with Crippen LogP contribution in [0.3, 0.4) is 0 Å². The smallest absolute Gasteiger partial charge is 0.269 e. The molecule has 0 radical (unpaired) electrons. The molecule has 0 saturated heterocycles. The molecule has 1 aromatic heterocycles. The van der Waals surface area contributed by atoms with Gasteiger partial charge in [-0.05, 0) is 26.3 Å². The van der Waals surface area contributed by atoms with E-state index < -0.39 is 0 Å². The number of non-ortho nitro benzene ring substituents is 1. The lowest BCUT2D eigenvalue weighted by Crippen LogP contribution is -2.19. The minimum absolute atomic E-state index is 0.0314. The van der Waals surface area contributed by atoms with Crippen molar-refractivity contribution in [3.8, 4) is 0 Å². The van der Waals surface area contributed by atoms with E-state index in [1.165, 1.54) is 11.6 Å². The van der Waals surface area contributed by atoms with Gasteiger partial charge in [0.1, 0.15) is 0 Å². The quantitative estimate of drug-likeness (QED) is 0.678. The third-order valence-electron chi connectivity index (χ3n) is 3.82. The molecular formula is C15H20N4O2. The third kappa shape index (κ3) is 3.28. The molecule has 1 atom stereocenters. The largest absolute Gasteiger partial charge is 0.306 e. The number of nitrogens with zero attached hydrogens (tertiary/aromatic N) is 3. The molecule has 1 heterocycles. The van der Waals surface area contributed by atoms with E-state index in [0.717, 1.165) is 17.0 Å². The van der Waals surface area contributed by atoms with Gasteiger partial charge in [0.2, 0.25) is 0 Å². The van der Waals surface area contributed by atoms with Crippen molar-refractivity contribution in [1.29, 1.82) is 0 Å². The van der Waals surface area contributed by atoms with Gasteiger partial charge < -0.3 is 5.32 Å². The van der Waals surface area contributed by atoms with Crippen molar-refractivity contribution in [2.45, 2.75) is 33.4 Å². The highest BCUT2D eigenvalue weighted by Gasteiger charge is 2.13. The van der Waals surface area contributed by atoms with Crippen LogP contribution in [0.2, 0.25) is 0 Å². The second-order valence-corrected chi connectivity index (χ2v) is 5.23. The Bertz CT molecular complexity index is 664. The summed E-state index contributed by atoms with van der Waals surface area (Å²) in [4.78, 5) is 10.5. The van der Waals surface area contributed by atoms with E-state index in [1.54, 1.807) is 12.1 Å². The van der Waals surface area contributed by atoms with Gasteiger partial charge in [0.05, 0.1) is 10.6 Å². The maximum absolute atomic E-state index is 10.8. The molecule has 0 amide bonds. The van der Waals surface area contributed by atoms with Crippen molar-refractivity contribution in [1.82, 2.24) is 15.1 Å². The van der Waals surface area contributed by atoms with Crippen LogP contribution in [0.15, 0.2) is 24.3 Å². The molecule has 21 heavy (non-hydrogen) atoms. The summed E-state index contributed by atoms with van der Waals surface area (Å²) in [5.74, 6) is 0. The monoisotopic (exact) mass is 288 g/mol. The van der Waals surface area contributed by atoms with Gasteiger partial charge in [0.25, 0.3) is 5.69 Å².